The summed E-state index contributed by atoms with van der Waals surface area (Å²) in [6, 6.07) is 9.98. The average molecular weight is 389 g/mol. The molecule has 29 heavy (non-hydrogen) atoms. The van der Waals surface area contributed by atoms with Crippen LogP contribution < -0.4 is 10.6 Å². The summed E-state index contributed by atoms with van der Waals surface area (Å²) in [6.45, 7) is 4.88. The minimum atomic E-state index is -0.477. The number of aromatic nitrogens is 2. The molecule has 1 aromatic heterocycles. The normalized spacial score (nSPS) is 14.7. The van der Waals surface area contributed by atoms with E-state index in [9.17, 15) is 15.3 Å². The molecule has 0 atom stereocenters. The highest BCUT2D eigenvalue weighted by molar-refractivity contribution is 6.04. The lowest BCUT2D eigenvalue weighted by Crippen LogP contribution is -2.31. The molecule has 148 valence electrons. The topological polar surface area (TPSA) is 121 Å². The number of fused-ring (bicyclic) bond motifs is 1. The molecule has 3 rings (SSSR count). The maximum absolute atomic E-state index is 12.6. The predicted octanol–water partition coefficient (Wildman–Crippen LogP) is 2.14. The van der Waals surface area contributed by atoms with Crippen LogP contribution in [-0.4, -0.2) is 48.2 Å². The van der Waals surface area contributed by atoms with Gasteiger partial charge in [-0.05, 0) is 45.6 Å². The van der Waals surface area contributed by atoms with Gasteiger partial charge in [-0.2, -0.15) is 15.6 Å². The summed E-state index contributed by atoms with van der Waals surface area (Å²) < 4.78 is 0. The van der Waals surface area contributed by atoms with Crippen LogP contribution in [0.3, 0.4) is 0 Å². The number of carbonyl (C=O) groups excluding carboxylic acids is 1. The summed E-state index contributed by atoms with van der Waals surface area (Å²) in [5.74, 6) is -0.741. The van der Waals surface area contributed by atoms with Crippen molar-refractivity contribution in [2.45, 2.75) is 19.8 Å². The van der Waals surface area contributed by atoms with Crippen molar-refractivity contribution in [2.24, 2.45) is 0 Å². The van der Waals surface area contributed by atoms with Crippen LogP contribution in [-0.2, 0) is 0 Å². The van der Waals surface area contributed by atoms with Crippen LogP contribution >= 0.6 is 0 Å². The predicted molar refractivity (Wildman–Crippen MR) is 109 cm³/mol. The standard InChI is InChI=1S/C21H23N7O/c1-12-16(10-22)19(17(11-23)13(2)25-12)14-5-6-18-15(9-14)20(27-26-18)21(29)24-7-8-28(3)4/h5-6,9,19,25H,7-8H2,1-4H3,(H,24,29)(H,26,27). The first-order valence-electron chi connectivity index (χ1n) is 9.27. The Morgan fingerprint density at radius 3 is 2.45 bits per heavy atom. The minimum Gasteiger partial charge on any atom is -0.361 e. The molecule has 0 aliphatic carbocycles. The summed E-state index contributed by atoms with van der Waals surface area (Å²) in [5, 5.41) is 33.0. The molecular weight excluding hydrogens is 366 g/mol. The van der Waals surface area contributed by atoms with Crippen molar-refractivity contribution >= 4 is 16.8 Å². The van der Waals surface area contributed by atoms with Crippen LogP contribution in [0.4, 0.5) is 0 Å². The van der Waals surface area contributed by atoms with E-state index in [4.69, 9.17) is 0 Å². The van der Waals surface area contributed by atoms with Crippen molar-refractivity contribution in [3.05, 3.63) is 52.0 Å². The zero-order valence-electron chi connectivity index (χ0n) is 16.9. The summed E-state index contributed by atoms with van der Waals surface area (Å²) in [5.41, 5.74) is 4.23. The van der Waals surface area contributed by atoms with Crippen molar-refractivity contribution in [1.29, 1.82) is 10.5 Å². The number of nitrogens with one attached hydrogen (secondary N) is 3. The fourth-order valence-electron chi connectivity index (χ4n) is 3.48. The number of amides is 1. The van der Waals surface area contributed by atoms with Crippen molar-refractivity contribution in [2.75, 3.05) is 27.2 Å². The molecule has 1 aliphatic heterocycles. The smallest absolute Gasteiger partial charge is 0.272 e. The first kappa shape index (κ1) is 20.1. The Morgan fingerprint density at radius 1 is 1.21 bits per heavy atom. The lowest BCUT2D eigenvalue weighted by Gasteiger charge is -2.26. The maximum Gasteiger partial charge on any atom is 0.272 e. The lowest BCUT2D eigenvalue weighted by molar-refractivity contribution is 0.0947. The van der Waals surface area contributed by atoms with Gasteiger partial charge in [0.05, 0.1) is 34.7 Å². The van der Waals surface area contributed by atoms with Crippen LogP contribution in [0.25, 0.3) is 10.9 Å². The Kier molecular flexibility index (Phi) is 5.67. The molecule has 1 aromatic carbocycles. The second-order valence-corrected chi connectivity index (χ2v) is 7.30. The largest absolute Gasteiger partial charge is 0.361 e. The van der Waals surface area contributed by atoms with E-state index in [2.05, 4.69) is 33.0 Å². The molecular formula is C21H23N7O. The number of H-pyrrole nitrogens is 1. The average Bonchev–Trinajstić information content (AvgIpc) is 3.10. The maximum atomic E-state index is 12.6. The number of nitrogens with zero attached hydrogens (tertiary/aromatic N) is 4. The van der Waals surface area contributed by atoms with Gasteiger partial charge in [-0.3, -0.25) is 9.89 Å². The van der Waals surface area contributed by atoms with E-state index < -0.39 is 5.92 Å². The minimum absolute atomic E-state index is 0.264. The molecule has 0 unspecified atom stereocenters. The molecule has 8 nitrogen and oxygen atoms in total. The third-order valence-corrected chi connectivity index (χ3v) is 4.98. The number of aromatic amines is 1. The summed E-state index contributed by atoms with van der Waals surface area (Å²) in [4.78, 5) is 14.6. The van der Waals surface area contributed by atoms with Crippen LogP contribution in [0.2, 0.25) is 0 Å². The summed E-state index contributed by atoms with van der Waals surface area (Å²) in [6.07, 6.45) is 0. The number of hydrogen-bond donors (Lipinski definition) is 3. The molecule has 3 N–H and O–H groups in total. The highest BCUT2D eigenvalue weighted by Gasteiger charge is 2.30. The van der Waals surface area contributed by atoms with E-state index in [0.717, 1.165) is 29.0 Å². The number of likely N-dealkylation sites (N-methyl/N-ethyl adjacent to an activating group) is 1. The van der Waals surface area contributed by atoms with Gasteiger partial charge < -0.3 is 15.5 Å². The summed E-state index contributed by atoms with van der Waals surface area (Å²) in [7, 11) is 3.87. The van der Waals surface area contributed by atoms with Crippen molar-refractivity contribution < 1.29 is 4.79 Å². The van der Waals surface area contributed by atoms with Gasteiger partial charge in [-0.25, -0.2) is 0 Å². The van der Waals surface area contributed by atoms with Crippen LogP contribution in [0.5, 0.6) is 0 Å². The molecule has 2 heterocycles. The van der Waals surface area contributed by atoms with Crippen molar-refractivity contribution in [1.82, 2.24) is 25.7 Å². The highest BCUT2D eigenvalue weighted by Crippen LogP contribution is 2.38. The van der Waals surface area contributed by atoms with E-state index in [0.29, 0.717) is 28.8 Å². The van der Waals surface area contributed by atoms with Crippen LogP contribution in [0, 0.1) is 22.7 Å². The van der Waals surface area contributed by atoms with Crippen molar-refractivity contribution in [3.8, 4) is 12.1 Å². The highest BCUT2D eigenvalue weighted by atomic mass is 16.1. The van der Waals surface area contributed by atoms with Gasteiger partial charge in [-0.15, -0.1) is 0 Å². The van der Waals surface area contributed by atoms with E-state index in [1.54, 1.807) is 0 Å². The van der Waals surface area contributed by atoms with Gasteiger partial charge in [0.1, 0.15) is 0 Å². The lowest BCUT2D eigenvalue weighted by atomic mass is 9.81. The number of rotatable bonds is 5. The molecule has 8 heteroatoms. The zero-order valence-corrected chi connectivity index (χ0v) is 16.9. The first-order valence-corrected chi connectivity index (χ1v) is 9.27. The van der Waals surface area contributed by atoms with Gasteiger partial charge in [-0.1, -0.05) is 6.07 Å². The van der Waals surface area contributed by atoms with Gasteiger partial charge in [0.2, 0.25) is 0 Å². The molecule has 0 bridgehead atoms. The van der Waals surface area contributed by atoms with Gasteiger partial charge in [0, 0.05) is 29.9 Å². The van der Waals surface area contributed by atoms with Crippen molar-refractivity contribution in [3.63, 3.8) is 0 Å². The second kappa shape index (κ2) is 8.17. The van der Waals surface area contributed by atoms with Crippen LogP contribution in [0.15, 0.2) is 40.7 Å². The Balaban J connectivity index is 2.03. The zero-order chi connectivity index (χ0) is 21.1. The molecule has 0 saturated carbocycles. The molecule has 0 saturated heterocycles. The Labute approximate surface area is 169 Å². The van der Waals surface area contributed by atoms with Gasteiger partial charge in [0.15, 0.2) is 5.69 Å². The van der Waals surface area contributed by atoms with E-state index >= 15 is 0 Å². The Hall–Kier alpha value is -3.62. The first-order chi connectivity index (χ1) is 13.9. The SMILES string of the molecule is CC1=C(C#N)C(c2ccc3[nH]nc(C(=O)NCCN(C)C)c3c2)C(C#N)=C(C)N1. The second-order valence-electron chi connectivity index (χ2n) is 7.30. The number of nitriles is 2. The molecule has 0 spiro atoms. The number of allylic oxidation sites excluding steroid dienone is 4. The quantitative estimate of drug-likeness (QED) is 0.720. The van der Waals surface area contributed by atoms with Gasteiger partial charge in [0.25, 0.3) is 5.91 Å². The molecule has 1 amide bonds. The molecule has 1 aliphatic rings. The summed E-state index contributed by atoms with van der Waals surface area (Å²) >= 11 is 0. The fraction of sp³-hybridized carbons (Fsp3) is 0.333. The van der Waals surface area contributed by atoms with Crippen LogP contribution in [0.1, 0.15) is 35.8 Å². The number of carbonyl (C=O) groups is 1. The Bertz CT molecular complexity index is 1070. The van der Waals surface area contributed by atoms with E-state index in [-0.39, 0.29) is 5.91 Å². The number of benzene rings is 1. The van der Waals surface area contributed by atoms with Gasteiger partial charge >= 0.3 is 0 Å². The molecule has 0 fully saturated rings. The molecule has 2 aromatic rings. The third-order valence-electron chi connectivity index (χ3n) is 4.98. The Morgan fingerprint density at radius 2 is 1.86 bits per heavy atom. The number of hydrogen-bond acceptors (Lipinski definition) is 6. The van der Waals surface area contributed by atoms with E-state index in [1.165, 1.54) is 0 Å². The van der Waals surface area contributed by atoms with E-state index in [1.807, 2.05) is 51.0 Å². The third kappa shape index (κ3) is 3.84. The monoisotopic (exact) mass is 389 g/mol. The number of dihydropyridines is 1. The molecule has 0 radical (unpaired) electrons. The fourth-order valence-corrected chi connectivity index (χ4v) is 3.48.